The summed E-state index contributed by atoms with van der Waals surface area (Å²) in [4.78, 5) is 34.5. The minimum atomic E-state index is -0.134. The van der Waals surface area contributed by atoms with Crippen molar-refractivity contribution in [3.8, 4) is 5.88 Å². The number of benzene rings is 1. The van der Waals surface area contributed by atoms with Crippen molar-refractivity contribution in [3.05, 3.63) is 59.2 Å². The normalized spacial score (nSPS) is 24.2. The van der Waals surface area contributed by atoms with Crippen molar-refractivity contribution in [2.45, 2.75) is 44.9 Å². The van der Waals surface area contributed by atoms with Crippen LogP contribution in [0.5, 0.6) is 5.88 Å². The number of piperidine rings is 2. The number of hydrogen-bond acceptors (Lipinski definition) is 4. The van der Waals surface area contributed by atoms with Crippen LogP contribution in [0.1, 0.15) is 50.5 Å². The SMILES string of the molecule is CC1(C(=O)N2CCC(C(=O)N3CC[C@H](COc4ccc(Cl)cn4)[C@@H](c4ccccc4)C3)CC2)CC1. The van der Waals surface area contributed by atoms with E-state index in [4.69, 9.17) is 16.3 Å². The van der Waals surface area contributed by atoms with E-state index in [1.807, 2.05) is 11.0 Å². The van der Waals surface area contributed by atoms with E-state index in [0.29, 0.717) is 37.1 Å². The third-order valence-corrected chi connectivity index (χ3v) is 8.31. The number of likely N-dealkylation sites (tertiary alicyclic amines) is 2. The van der Waals surface area contributed by atoms with E-state index in [9.17, 15) is 9.59 Å². The van der Waals surface area contributed by atoms with Crippen molar-refractivity contribution >= 4 is 23.4 Å². The van der Waals surface area contributed by atoms with E-state index in [-0.39, 0.29) is 35.0 Å². The number of nitrogens with zero attached hydrogens (tertiary/aromatic N) is 3. The number of ether oxygens (including phenoxy) is 1. The first kappa shape index (κ1) is 24.1. The summed E-state index contributed by atoms with van der Waals surface area (Å²) in [6.45, 7) is 5.45. The highest BCUT2D eigenvalue weighted by atomic mass is 35.5. The van der Waals surface area contributed by atoms with Crippen LogP contribution in [-0.2, 0) is 9.59 Å². The Hall–Kier alpha value is -2.60. The lowest BCUT2D eigenvalue weighted by atomic mass is 9.80. The molecule has 35 heavy (non-hydrogen) atoms. The van der Waals surface area contributed by atoms with Gasteiger partial charge in [0.05, 0.1) is 11.6 Å². The van der Waals surface area contributed by atoms with Gasteiger partial charge in [0, 0.05) is 61.6 Å². The lowest BCUT2D eigenvalue weighted by molar-refractivity contribution is -0.144. The highest BCUT2D eigenvalue weighted by Gasteiger charge is 2.48. The van der Waals surface area contributed by atoms with Crippen molar-refractivity contribution in [1.82, 2.24) is 14.8 Å². The van der Waals surface area contributed by atoms with Crippen molar-refractivity contribution in [1.29, 1.82) is 0 Å². The maximum Gasteiger partial charge on any atom is 0.228 e. The Balaban J connectivity index is 1.21. The predicted molar refractivity (Wildman–Crippen MR) is 135 cm³/mol. The van der Waals surface area contributed by atoms with Crippen LogP contribution in [0.25, 0.3) is 0 Å². The zero-order chi connectivity index (χ0) is 24.4. The number of halogens is 1. The molecule has 0 bridgehead atoms. The number of carbonyl (C=O) groups is 2. The van der Waals surface area contributed by atoms with Crippen LogP contribution < -0.4 is 4.74 Å². The van der Waals surface area contributed by atoms with Crippen LogP contribution in [-0.4, -0.2) is 59.4 Å². The highest BCUT2D eigenvalue weighted by Crippen LogP contribution is 2.47. The summed E-state index contributed by atoms with van der Waals surface area (Å²) in [7, 11) is 0. The van der Waals surface area contributed by atoms with E-state index in [1.165, 1.54) is 5.56 Å². The first-order chi connectivity index (χ1) is 16.9. The Labute approximate surface area is 212 Å². The molecule has 2 amide bonds. The molecule has 2 saturated heterocycles. The standard InChI is InChI=1S/C28H34ClN3O3/c1-28(12-13-28)27(34)31-14-9-21(10-15-31)26(33)32-16-11-22(19-35-25-8-7-23(29)17-30-25)24(18-32)20-5-3-2-4-6-20/h2-8,17,21-22,24H,9-16,18-19H2,1H3/t22-,24-/m1/s1. The summed E-state index contributed by atoms with van der Waals surface area (Å²) in [5.74, 6) is 1.60. The van der Waals surface area contributed by atoms with Gasteiger partial charge in [0.1, 0.15) is 0 Å². The van der Waals surface area contributed by atoms with Crippen molar-refractivity contribution < 1.29 is 14.3 Å². The fraction of sp³-hybridized carbons (Fsp3) is 0.536. The molecule has 186 valence electrons. The summed E-state index contributed by atoms with van der Waals surface area (Å²) in [5.41, 5.74) is 1.10. The van der Waals surface area contributed by atoms with Gasteiger partial charge in [-0.15, -0.1) is 0 Å². The minimum Gasteiger partial charge on any atom is -0.477 e. The number of amides is 2. The average Bonchev–Trinajstić information content (AvgIpc) is 3.66. The van der Waals surface area contributed by atoms with Gasteiger partial charge in [0.2, 0.25) is 17.7 Å². The van der Waals surface area contributed by atoms with Crippen LogP contribution in [0.15, 0.2) is 48.7 Å². The molecule has 2 aromatic rings. The van der Waals surface area contributed by atoms with Crippen LogP contribution in [0.2, 0.25) is 5.02 Å². The molecular formula is C28H34ClN3O3. The van der Waals surface area contributed by atoms with Gasteiger partial charge in [-0.05, 0) is 43.7 Å². The quantitative estimate of drug-likeness (QED) is 0.578. The molecule has 0 unspecified atom stereocenters. The fourth-order valence-corrected chi connectivity index (χ4v) is 5.60. The third kappa shape index (κ3) is 5.48. The van der Waals surface area contributed by atoms with Crippen molar-refractivity contribution in [3.63, 3.8) is 0 Å². The Morgan fingerprint density at radius 2 is 1.74 bits per heavy atom. The van der Waals surface area contributed by atoms with Gasteiger partial charge in [-0.1, -0.05) is 48.9 Å². The highest BCUT2D eigenvalue weighted by molar-refractivity contribution is 6.30. The summed E-state index contributed by atoms with van der Waals surface area (Å²) in [6.07, 6.45) is 6.01. The molecule has 1 aromatic carbocycles. The predicted octanol–water partition coefficient (Wildman–Crippen LogP) is 4.78. The number of hydrogen-bond donors (Lipinski definition) is 0. The summed E-state index contributed by atoms with van der Waals surface area (Å²) < 4.78 is 6.02. The van der Waals surface area contributed by atoms with Gasteiger partial charge in [0.25, 0.3) is 0 Å². The van der Waals surface area contributed by atoms with E-state index in [1.54, 1.807) is 18.3 Å². The van der Waals surface area contributed by atoms with Crippen LogP contribution in [0.3, 0.4) is 0 Å². The molecule has 0 N–H and O–H groups in total. The second-order valence-corrected chi connectivity index (χ2v) is 11.0. The van der Waals surface area contributed by atoms with Gasteiger partial charge in [0.15, 0.2) is 0 Å². The van der Waals surface area contributed by atoms with E-state index < -0.39 is 0 Å². The molecule has 7 heteroatoms. The Morgan fingerprint density at radius 1 is 1.03 bits per heavy atom. The van der Waals surface area contributed by atoms with Crippen LogP contribution >= 0.6 is 11.6 Å². The second kappa shape index (κ2) is 10.2. The smallest absolute Gasteiger partial charge is 0.228 e. The topological polar surface area (TPSA) is 62.7 Å². The largest absolute Gasteiger partial charge is 0.477 e. The zero-order valence-electron chi connectivity index (χ0n) is 20.4. The first-order valence-corrected chi connectivity index (χ1v) is 13.2. The molecule has 2 atom stereocenters. The average molecular weight is 496 g/mol. The molecule has 3 heterocycles. The third-order valence-electron chi connectivity index (χ3n) is 8.09. The van der Waals surface area contributed by atoms with Gasteiger partial charge in [-0.25, -0.2) is 4.98 Å². The first-order valence-electron chi connectivity index (χ1n) is 12.8. The monoisotopic (exact) mass is 495 g/mol. The molecule has 3 aliphatic rings. The van der Waals surface area contributed by atoms with Crippen molar-refractivity contribution in [2.75, 3.05) is 32.8 Å². The van der Waals surface area contributed by atoms with E-state index >= 15 is 0 Å². The Bertz CT molecular complexity index is 1030. The molecule has 2 aliphatic heterocycles. The van der Waals surface area contributed by atoms with E-state index in [2.05, 4.69) is 41.1 Å². The Kier molecular flexibility index (Phi) is 7.01. The Morgan fingerprint density at radius 3 is 2.40 bits per heavy atom. The van der Waals surface area contributed by atoms with Gasteiger partial charge in [-0.2, -0.15) is 0 Å². The number of aromatic nitrogens is 1. The molecular weight excluding hydrogens is 462 g/mol. The lowest BCUT2D eigenvalue weighted by Gasteiger charge is -2.41. The summed E-state index contributed by atoms with van der Waals surface area (Å²) in [6, 6.07) is 14.0. The summed E-state index contributed by atoms with van der Waals surface area (Å²) >= 11 is 5.94. The fourth-order valence-electron chi connectivity index (χ4n) is 5.49. The van der Waals surface area contributed by atoms with Crippen LogP contribution in [0.4, 0.5) is 0 Å². The van der Waals surface area contributed by atoms with Crippen LogP contribution in [0, 0.1) is 17.3 Å². The number of rotatable bonds is 6. The molecule has 6 nitrogen and oxygen atoms in total. The molecule has 0 spiro atoms. The lowest BCUT2D eigenvalue weighted by Crippen LogP contribution is -2.49. The maximum atomic E-state index is 13.5. The van der Waals surface area contributed by atoms with E-state index in [0.717, 1.165) is 38.6 Å². The second-order valence-electron chi connectivity index (χ2n) is 10.6. The van der Waals surface area contributed by atoms with Gasteiger partial charge in [-0.3, -0.25) is 9.59 Å². The van der Waals surface area contributed by atoms with Gasteiger partial charge >= 0.3 is 0 Å². The number of pyridine rings is 1. The van der Waals surface area contributed by atoms with Gasteiger partial charge < -0.3 is 14.5 Å². The maximum absolute atomic E-state index is 13.5. The molecule has 1 aromatic heterocycles. The molecule has 1 saturated carbocycles. The summed E-state index contributed by atoms with van der Waals surface area (Å²) in [5, 5.41) is 0.586. The number of carbonyl (C=O) groups excluding carboxylic acids is 2. The minimum absolute atomic E-state index is 0.00792. The molecule has 3 fully saturated rings. The zero-order valence-corrected chi connectivity index (χ0v) is 21.1. The molecule has 5 rings (SSSR count). The molecule has 1 aliphatic carbocycles. The van der Waals surface area contributed by atoms with Crippen molar-refractivity contribution in [2.24, 2.45) is 17.3 Å². The molecule has 0 radical (unpaired) electrons.